The number of rotatable bonds is 8. The molecule has 0 bridgehead atoms. The number of unbranched alkanes of at least 4 members (excludes halogenated alkanes) is 5. The van der Waals surface area contributed by atoms with E-state index in [-0.39, 0.29) is 0 Å². The molecule has 1 rings (SSSR count). The molecular formula is C14H20I2O2. The number of benzene rings is 1. The average molecular weight is 474 g/mol. The summed E-state index contributed by atoms with van der Waals surface area (Å²) in [4.78, 5) is 0. The van der Waals surface area contributed by atoms with Gasteiger partial charge in [-0.2, -0.15) is 0 Å². The van der Waals surface area contributed by atoms with Crippen LogP contribution in [0.25, 0.3) is 0 Å². The molecule has 0 spiro atoms. The summed E-state index contributed by atoms with van der Waals surface area (Å²) in [5, 5.41) is 9.55. The quantitative estimate of drug-likeness (QED) is 0.408. The number of hydrogen-bond acceptors (Lipinski definition) is 2. The molecule has 1 N–H and O–H groups in total. The van der Waals surface area contributed by atoms with Gasteiger partial charge >= 0.3 is 0 Å². The Bertz CT molecular complexity index is 367. The molecule has 0 aliphatic carbocycles. The SMILES string of the molecule is CCCCCCCCOc1cc(I)c(O)cc1I. The summed E-state index contributed by atoms with van der Waals surface area (Å²) in [6.45, 7) is 3.00. The van der Waals surface area contributed by atoms with Crippen LogP contribution in [0.3, 0.4) is 0 Å². The molecule has 0 amide bonds. The van der Waals surface area contributed by atoms with Gasteiger partial charge in [0.2, 0.25) is 0 Å². The molecule has 0 heterocycles. The van der Waals surface area contributed by atoms with Crippen molar-refractivity contribution < 1.29 is 9.84 Å². The minimum atomic E-state index is 0.326. The van der Waals surface area contributed by atoms with Gasteiger partial charge in [0.05, 0.1) is 13.7 Å². The summed E-state index contributed by atoms with van der Waals surface area (Å²) in [6.07, 6.45) is 7.63. The number of halogens is 2. The van der Waals surface area contributed by atoms with Crippen molar-refractivity contribution in [2.45, 2.75) is 45.4 Å². The molecule has 0 unspecified atom stereocenters. The van der Waals surface area contributed by atoms with Crippen molar-refractivity contribution in [1.82, 2.24) is 0 Å². The number of phenols is 1. The van der Waals surface area contributed by atoms with Gasteiger partial charge in [-0.25, -0.2) is 0 Å². The normalized spacial score (nSPS) is 10.6. The topological polar surface area (TPSA) is 29.5 Å². The van der Waals surface area contributed by atoms with Crippen molar-refractivity contribution in [1.29, 1.82) is 0 Å². The first-order chi connectivity index (χ1) is 8.65. The molecule has 1 aromatic carbocycles. The maximum Gasteiger partial charge on any atom is 0.133 e. The van der Waals surface area contributed by atoms with E-state index in [9.17, 15) is 5.11 Å². The van der Waals surface area contributed by atoms with E-state index >= 15 is 0 Å². The highest BCUT2D eigenvalue weighted by atomic mass is 127. The molecule has 0 atom stereocenters. The summed E-state index contributed by atoms with van der Waals surface area (Å²) in [6, 6.07) is 3.65. The van der Waals surface area contributed by atoms with Gasteiger partial charge in [0.1, 0.15) is 11.5 Å². The second-order valence-electron chi connectivity index (χ2n) is 4.35. The average Bonchev–Trinajstić information content (AvgIpc) is 2.34. The van der Waals surface area contributed by atoms with E-state index in [0.29, 0.717) is 5.75 Å². The van der Waals surface area contributed by atoms with Crippen molar-refractivity contribution >= 4 is 45.2 Å². The lowest BCUT2D eigenvalue weighted by Crippen LogP contribution is -1.99. The fourth-order valence-electron chi connectivity index (χ4n) is 1.69. The molecule has 1 aromatic rings. The van der Waals surface area contributed by atoms with Gasteiger partial charge in [-0.15, -0.1) is 0 Å². The minimum absolute atomic E-state index is 0.326. The predicted molar refractivity (Wildman–Crippen MR) is 92.4 cm³/mol. The highest BCUT2D eigenvalue weighted by Gasteiger charge is 2.06. The minimum Gasteiger partial charge on any atom is -0.507 e. The molecule has 0 saturated heterocycles. The fourth-order valence-corrected chi connectivity index (χ4v) is 2.74. The predicted octanol–water partition coefficient (Wildman–Crippen LogP) is 5.34. The molecule has 0 aromatic heterocycles. The van der Waals surface area contributed by atoms with Gasteiger partial charge in [-0.1, -0.05) is 39.0 Å². The Balaban J connectivity index is 2.25. The summed E-state index contributed by atoms with van der Waals surface area (Å²) in [5.74, 6) is 1.21. The summed E-state index contributed by atoms with van der Waals surface area (Å²) in [7, 11) is 0. The molecule has 2 nitrogen and oxygen atoms in total. The third-order valence-corrected chi connectivity index (χ3v) is 4.46. The van der Waals surface area contributed by atoms with E-state index in [4.69, 9.17) is 4.74 Å². The molecule has 4 heteroatoms. The van der Waals surface area contributed by atoms with Gasteiger partial charge < -0.3 is 9.84 Å². The highest BCUT2D eigenvalue weighted by molar-refractivity contribution is 14.1. The number of phenolic OH excluding ortho intramolecular Hbond substituents is 1. The summed E-state index contributed by atoms with van der Waals surface area (Å²) < 4.78 is 7.56. The van der Waals surface area contributed by atoms with Gasteiger partial charge in [-0.3, -0.25) is 0 Å². The van der Waals surface area contributed by atoms with Gasteiger partial charge in [0, 0.05) is 0 Å². The summed E-state index contributed by atoms with van der Waals surface area (Å²) in [5.41, 5.74) is 0. The van der Waals surface area contributed by atoms with Crippen LogP contribution in [0.15, 0.2) is 12.1 Å². The second kappa shape index (κ2) is 9.23. The largest absolute Gasteiger partial charge is 0.507 e. The van der Waals surface area contributed by atoms with Crippen LogP contribution in [0, 0.1) is 7.14 Å². The van der Waals surface area contributed by atoms with E-state index in [1.807, 2.05) is 6.07 Å². The van der Waals surface area contributed by atoms with E-state index in [1.54, 1.807) is 6.07 Å². The first-order valence-electron chi connectivity index (χ1n) is 6.46. The van der Waals surface area contributed by atoms with E-state index < -0.39 is 0 Å². The molecular weight excluding hydrogens is 454 g/mol. The smallest absolute Gasteiger partial charge is 0.133 e. The monoisotopic (exact) mass is 474 g/mol. The van der Waals surface area contributed by atoms with Crippen molar-refractivity contribution in [3.05, 3.63) is 19.3 Å². The molecule has 0 radical (unpaired) electrons. The van der Waals surface area contributed by atoms with Crippen molar-refractivity contribution in [3.63, 3.8) is 0 Å². The zero-order valence-electron chi connectivity index (χ0n) is 10.7. The van der Waals surface area contributed by atoms with Crippen molar-refractivity contribution in [3.8, 4) is 11.5 Å². The van der Waals surface area contributed by atoms with Crippen molar-refractivity contribution in [2.75, 3.05) is 6.61 Å². The van der Waals surface area contributed by atoms with Crippen LogP contribution in [0.5, 0.6) is 11.5 Å². The van der Waals surface area contributed by atoms with Gasteiger partial charge in [0.15, 0.2) is 0 Å². The standard InChI is InChI=1S/C14H20I2O2/c1-2-3-4-5-6-7-8-18-14-10-11(15)13(17)9-12(14)16/h9-10,17H,2-8H2,1H3. The van der Waals surface area contributed by atoms with E-state index in [0.717, 1.165) is 25.9 Å². The molecule has 0 saturated carbocycles. The maximum atomic E-state index is 9.55. The van der Waals surface area contributed by atoms with Gasteiger partial charge in [-0.05, 0) is 63.7 Å². The Kier molecular flexibility index (Phi) is 8.37. The zero-order chi connectivity index (χ0) is 13.4. The fraction of sp³-hybridized carbons (Fsp3) is 0.571. The van der Waals surface area contributed by atoms with Crippen molar-refractivity contribution in [2.24, 2.45) is 0 Å². The van der Waals surface area contributed by atoms with Crippen LogP contribution in [0.1, 0.15) is 45.4 Å². The maximum absolute atomic E-state index is 9.55. The lowest BCUT2D eigenvalue weighted by molar-refractivity contribution is 0.301. The highest BCUT2D eigenvalue weighted by Crippen LogP contribution is 2.30. The Morgan fingerprint density at radius 3 is 2.39 bits per heavy atom. The Labute approximate surface area is 137 Å². The van der Waals surface area contributed by atoms with Crippen LogP contribution >= 0.6 is 45.2 Å². The first kappa shape index (κ1) is 16.3. The van der Waals surface area contributed by atoms with Gasteiger partial charge in [0.25, 0.3) is 0 Å². The van der Waals surface area contributed by atoms with Crippen LogP contribution in [0.2, 0.25) is 0 Å². The van der Waals surface area contributed by atoms with Crippen LogP contribution in [0.4, 0.5) is 0 Å². The molecule has 0 aliphatic rings. The Morgan fingerprint density at radius 2 is 1.67 bits per heavy atom. The van der Waals surface area contributed by atoms with Crippen LogP contribution in [-0.2, 0) is 0 Å². The van der Waals surface area contributed by atoms with Crippen LogP contribution in [-0.4, -0.2) is 11.7 Å². The lowest BCUT2D eigenvalue weighted by Gasteiger charge is -2.09. The molecule has 18 heavy (non-hydrogen) atoms. The molecule has 0 fully saturated rings. The lowest BCUT2D eigenvalue weighted by atomic mass is 10.1. The third kappa shape index (κ3) is 5.95. The zero-order valence-corrected chi connectivity index (χ0v) is 15.0. The van der Waals surface area contributed by atoms with Crippen LogP contribution < -0.4 is 4.74 Å². The first-order valence-corrected chi connectivity index (χ1v) is 8.61. The molecule has 102 valence electrons. The second-order valence-corrected chi connectivity index (χ2v) is 6.67. The third-order valence-electron chi connectivity index (χ3n) is 2.76. The van der Waals surface area contributed by atoms with E-state index in [1.165, 1.54) is 32.1 Å². The summed E-state index contributed by atoms with van der Waals surface area (Å²) >= 11 is 4.31. The number of hydrogen-bond donors (Lipinski definition) is 1. The Morgan fingerprint density at radius 1 is 1.00 bits per heavy atom. The Hall–Kier alpha value is 0.280. The molecule has 0 aliphatic heterocycles. The number of aromatic hydroxyl groups is 1. The van der Waals surface area contributed by atoms with E-state index in [2.05, 4.69) is 52.1 Å². The number of ether oxygens (including phenoxy) is 1.